The molecule has 1 aromatic carbocycles. The van der Waals surface area contributed by atoms with Gasteiger partial charge in [-0.2, -0.15) is 0 Å². The maximum atomic E-state index is 12.2. The van der Waals surface area contributed by atoms with Gasteiger partial charge in [-0.25, -0.2) is 22.3 Å². The first-order chi connectivity index (χ1) is 13.6. The van der Waals surface area contributed by atoms with E-state index in [2.05, 4.69) is 5.32 Å². The van der Waals surface area contributed by atoms with Gasteiger partial charge in [-0.05, 0) is 19.4 Å². The Balaban J connectivity index is 2.05. The molecule has 0 unspecified atom stereocenters. The van der Waals surface area contributed by atoms with Crippen molar-refractivity contribution in [3.8, 4) is 0 Å². The van der Waals surface area contributed by atoms with Crippen LogP contribution in [0.15, 0.2) is 30.3 Å². The molecule has 2 amide bonds. The Morgan fingerprint density at radius 1 is 1.17 bits per heavy atom. The third-order valence-electron chi connectivity index (χ3n) is 4.35. The standard InChI is InChI=1S/C17H22N2O9S/c1-10(28-17(22)26-9-12-7-5-4-6-8-12)13-14(11(2)27-16(21)18-3)19(15(13)20)29(23,24)25/h4-8,10-11,13-14H,9H2,1-3H3,(H,18,21)(H,23,24,25)/p-1/t10-,11+,13-,14-/m1/s1. The topological polar surface area (TPSA) is 151 Å². The van der Waals surface area contributed by atoms with Crippen LogP contribution < -0.4 is 5.32 Å². The SMILES string of the molecule is CNC(=O)O[C@@H](C)[C@@H]1[C@@H]([C@@H](C)OC(=O)OCc2ccccc2)C(=O)N1S(=O)(=O)[O-]. The highest BCUT2D eigenvalue weighted by molar-refractivity contribution is 7.84. The molecule has 4 atom stereocenters. The fraction of sp³-hybridized carbons (Fsp3) is 0.471. The molecule has 29 heavy (non-hydrogen) atoms. The van der Waals surface area contributed by atoms with Gasteiger partial charge in [0, 0.05) is 7.05 Å². The Bertz CT molecular complexity index is 859. The molecule has 1 saturated heterocycles. The molecule has 160 valence electrons. The predicted octanol–water partition coefficient (Wildman–Crippen LogP) is 0.760. The second-order valence-corrected chi connectivity index (χ2v) is 7.56. The first-order valence-electron chi connectivity index (χ1n) is 8.61. The van der Waals surface area contributed by atoms with Gasteiger partial charge in [0.1, 0.15) is 24.7 Å². The minimum atomic E-state index is -5.14. The molecule has 1 aromatic rings. The second kappa shape index (κ2) is 9.09. The summed E-state index contributed by atoms with van der Waals surface area (Å²) < 4.78 is 49.3. The van der Waals surface area contributed by atoms with E-state index < -0.39 is 52.6 Å². The van der Waals surface area contributed by atoms with Crippen molar-refractivity contribution >= 4 is 28.5 Å². The van der Waals surface area contributed by atoms with Crippen molar-refractivity contribution in [1.82, 2.24) is 9.62 Å². The molecule has 2 rings (SSSR count). The number of rotatable bonds is 7. The van der Waals surface area contributed by atoms with Crippen molar-refractivity contribution in [2.75, 3.05) is 7.05 Å². The van der Waals surface area contributed by atoms with E-state index in [0.717, 1.165) is 0 Å². The summed E-state index contributed by atoms with van der Waals surface area (Å²) in [6.07, 6.45) is -4.25. The van der Waals surface area contributed by atoms with Gasteiger partial charge in [0.25, 0.3) is 0 Å². The number of amides is 2. The lowest BCUT2D eigenvalue weighted by molar-refractivity contribution is -0.161. The van der Waals surface area contributed by atoms with Crippen molar-refractivity contribution < 1.29 is 41.6 Å². The van der Waals surface area contributed by atoms with Crippen molar-refractivity contribution in [3.05, 3.63) is 35.9 Å². The van der Waals surface area contributed by atoms with Crippen LogP contribution in [0.5, 0.6) is 0 Å². The number of hydrogen-bond donors (Lipinski definition) is 1. The fourth-order valence-electron chi connectivity index (χ4n) is 3.00. The molecule has 0 bridgehead atoms. The molecule has 0 aliphatic carbocycles. The minimum Gasteiger partial charge on any atom is -0.731 e. The summed E-state index contributed by atoms with van der Waals surface area (Å²) in [6, 6.07) is 7.46. The number of carbonyl (C=O) groups excluding carboxylic acids is 3. The van der Waals surface area contributed by atoms with Gasteiger partial charge in [-0.15, -0.1) is 0 Å². The Labute approximate surface area is 167 Å². The van der Waals surface area contributed by atoms with Gasteiger partial charge in [-0.3, -0.25) is 4.79 Å². The summed E-state index contributed by atoms with van der Waals surface area (Å²) in [4.78, 5) is 35.6. The number of ether oxygens (including phenoxy) is 3. The molecule has 1 aliphatic heterocycles. The quantitative estimate of drug-likeness (QED) is 0.376. The maximum absolute atomic E-state index is 12.2. The average molecular weight is 429 g/mol. The van der Waals surface area contributed by atoms with Gasteiger partial charge in [0.05, 0.1) is 6.04 Å². The fourth-order valence-corrected chi connectivity index (χ4v) is 3.94. The monoisotopic (exact) mass is 429 g/mol. The Kier molecular flexibility index (Phi) is 7.03. The molecule has 0 saturated carbocycles. The molecule has 1 aliphatic rings. The highest BCUT2D eigenvalue weighted by atomic mass is 32.2. The van der Waals surface area contributed by atoms with Crippen LogP contribution in [0.4, 0.5) is 9.59 Å². The minimum absolute atomic E-state index is 0.0638. The first kappa shape index (κ1) is 22.4. The second-order valence-electron chi connectivity index (χ2n) is 6.32. The number of carbonyl (C=O) groups is 3. The largest absolute Gasteiger partial charge is 0.731 e. The van der Waals surface area contributed by atoms with Crippen LogP contribution >= 0.6 is 0 Å². The van der Waals surface area contributed by atoms with E-state index >= 15 is 0 Å². The van der Waals surface area contributed by atoms with Gasteiger partial charge >= 0.3 is 12.2 Å². The van der Waals surface area contributed by atoms with E-state index in [1.165, 1.54) is 20.9 Å². The molecule has 11 nitrogen and oxygen atoms in total. The van der Waals surface area contributed by atoms with Gasteiger partial charge < -0.3 is 24.1 Å². The van der Waals surface area contributed by atoms with Crippen molar-refractivity contribution in [1.29, 1.82) is 0 Å². The Hall–Kier alpha value is -2.86. The zero-order valence-electron chi connectivity index (χ0n) is 15.9. The third-order valence-corrected chi connectivity index (χ3v) is 5.25. The summed E-state index contributed by atoms with van der Waals surface area (Å²) in [5.41, 5.74) is 0.714. The smallest absolute Gasteiger partial charge is 0.508 e. The van der Waals surface area contributed by atoms with E-state index in [0.29, 0.717) is 5.56 Å². The third kappa shape index (κ3) is 5.35. The lowest BCUT2D eigenvalue weighted by Crippen LogP contribution is -2.70. The van der Waals surface area contributed by atoms with Crippen molar-refractivity contribution in [2.45, 2.75) is 38.7 Å². The van der Waals surface area contributed by atoms with E-state index in [9.17, 15) is 27.4 Å². The normalized spacial score (nSPS) is 20.8. The molecule has 1 fully saturated rings. The van der Waals surface area contributed by atoms with Crippen LogP contribution in [-0.4, -0.2) is 60.7 Å². The molecule has 1 N–H and O–H groups in total. The van der Waals surface area contributed by atoms with Crippen molar-refractivity contribution in [2.24, 2.45) is 5.92 Å². The number of β-lactam (4-membered cyclic amide) rings is 1. The highest BCUT2D eigenvalue weighted by Gasteiger charge is 2.57. The van der Waals surface area contributed by atoms with E-state index in [1.807, 2.05) is 0 Å². The van der Waals surface area contributed by atoms with E-state index in [1.54, 1.807) is 30.3 Å². The number of alkyl carbamates (subject to hydrolysis) is 1. The molecule has 0 spiro atoms. The number of benzene rings is 1. The van der Waals surface area contributed by atoms with E-state index in [-0.39, 0.29) is 10.9 Å². The molecule has 0 radical (unpaired) electrons. The summed E-state index contributed by atoms with van der Waals surface area (Å²) in [5, 5.41) is 2.17. The number of nitrogens with zero attached hydrogens (tertiary/aromatic N) is 1. The Morgan fingerprint density at radius 2 is 1.79 bits per heavy atom. The first-order valence-corrected chi connectivity index (χ1v) is 9.97. The van der Waals surface area contributed by atoms with Crippen LogP contribution in [0, 0.1) is 5.92 Å². The number of nitrogens with one attached hydrogen (secondary N) is 1. The predicted molar refractivity (Wildman–Crippen MR) is 96.0 cm³/mol. The zero-order valence-corrected chi connectivity index (χ0v) is 16.7. The summed E-state index contributed by atoms with van der Waals surface area (Å²) >= 11 is 0. The lowest BCUT2D eigenvalue weighted by atomic mass is 9.83. The van der Waals surface area contributed by atoms with Crippen molar-refractivity contribution in [3.63, 3.8) is 0 Å². The van der Waals surface area contributed by atoms with Gasteiger partial charge in [-0.1, -0.05) is 30.3 Å². The highest BCUT2D eigenvalue weighted by Crippen LogP contribution is 2.36. The van der Waals surface area contributed by atoms with Crippen LogP contribution in [-0.2, 0) is 35.9 Å². The summed E-state index contributed by atoms with van der Waals surface area (Å²) in [6.45, 7) is 2.60. The molecule has 0 aromatic heterocycles. The maximum Gasteiger partial charge on any atom is 0.508 e. The Morgan fingerprint density at radius 3 is 2.34 bits per heavy atom. The molecular formula is C17H21N2O9S-. The van der Waals surface area contributed by atoms with Crippen LogP contribution in [0.1, 0.15) is 19.4 Å². The van der Waals surface area contributed by atoms with Crippen LogP contribution in [0.2, 0.25) is 0 Å². The lowest BCUT2D eigenvalue weighted by Gasteiger charge is -2.50. The van der Waals surface area contributed by atoms with Crippen LogP contribution in [0.3, 0.4) is 0 Å². The van der Waals surface area contributed by atoms with Gasteiger partial charge in [0.15, 0.2) is 10.3 Å². The average Bonchev–Trinajstić information content (AvgIpc) is 2.63. The summed E-state index contributed by atoms with van der Waals surface area (Å²) in [7, 11) is -3.86. The molecule has 12 heteroatoms. The summed E-state index contributed by atoms with van der Waals surface area (Å²) in [5.74, 6) is -2.26. The van der Waals surface area contributed by atoms with Crippen LogP contribution in [0.25, 0.3) is 0 Å². The van der Waals surface area contributed by atoms with Gasteiger partial charge in [0.2, 0.25) is 5.91 Å². The number of hydrogen-bond acceptors (Lipinski definition) is 9. The zero-order chi connectivity index (χ0) is 21.8. The van der Waals surface area contributed by atoms with E-state index in [4.69, 9.17) is 14.2 Å². The molecule has 1 heterocycles. The molecular weight excluding hydrogens is 408 g/mol.